The Bertz CT molecular complexity index is 642. The molecule has 3 rings (SSSR count). The average Bonchev–Trinajstić information content (AvgIpc) is 2.76. The first-order valence-electron chi connectivity index (χ1n) is 6.61. The predicted molar refractivity (Wildman–Crippen MR) is 73.8 cm³/mol. The van der Waals surface area contributed by atoms with Gasteiger partial charge in [0, 0.05) is 29.5 Å². The number of carbonyl (C=O) groups is 1. The van der Waals surface area contributed by atoms with Crippen LogP contribution in [0.2, 0.25) is 0 Å². The molecule has 0 atom stereocenters. The second-order valence-electron chi connectivity index (χ2n) is 5.62. The van der Waals surface area contributed by atoms with Crippen LogP contribution in [0.25, 0.3) is 11.0 Å². The number of fused-ring (bicyclic) bond motifs is 1. The SMILES string of the molecule is CC1(CNCc2c(C(=O)O)oc3ccccc23)COC1. The van der Waals surface area contributed by atoms with Crippen LogP contribution in [0.5, 0.6) is 0 Å². The molecule has 0 unspecified atom stereocenters. The molecule has 20 heavy (non-hydrogen) atoms. The molecule has 2 aromatic rings. The van der Waals surface area contributed by atoms with E-state index >= 15 is 0 Å². The summed E-state index contributed by atoms with van der Waals surface area (Å²) in [6.07, 6.45) is 0. The number of nitrogens with one attached hydrogen (secondary N) is 1. The molecule has 1 fully saturated rings. The highest BCUT2D eigenvalue weighted by atomic mass is 16.5. The van der Waals surface area contributed by atoms with Gasteiger partial charge in [0.25, 0.3) is 0 Å². The van der Waals surface area contributed by atoms with Crippen molar-refractivity contribution in [2.45, 2.75) is 13.5 Å². The first-order chi connectivity index (χ1) is 9.59. The Morgan fingerprint density at radius 3 is 2.80 bits per heavy atom. The largest absolute Gasteiger partial charge is 0.475 e. The van der Waals surface area contributed by atoms with E-state index in [1.165, 1.54) is 0 Å². The number of benzene rings is 1. The van der Waals surface area contributed by atoms with Crippen molar-refractivity contribution < 1.29 is 19.1 Å². The fourth-order valence-electron chi connectivity index (χ4n) is 2.49. The molecule has 1 saturated heterocycles. The molecule has 5 nitrogen and oxygen atoms in total. The lowest BCUT2D eigenvalue weighted by Crippen LogP contribution is -2.47. The summed E-state index contributed by atoms with van der Waals surface area (Å²) in [6.45, 7) is 4.92. The van der Waals surface area contributed by atoms with Gasteiger partial charge >= 0.3 is 5.97 Å². The van der Waals surface area contributed by atoms with E-state index in [1.807, 2.05) is 18.2 Å². The van der Waals surface area contributed by atoms with Crippen molar-refractivity contribution in [3.8, 4) is 0 Å². The van der Waals surface area contributed by atoms with Gasteiger partial charge in [0.1, 0.15) is 5.58 Å². The molecule has 1 aliphatic heterocycles. The topological polar surface area (TPSA) is 71.7 Å². The van der Waals surface area contributed by atoms with Gasteiger partial charge in [-0.05, 0) is 6.07 Å². The first-order valence-corrected chi connectivity index (χ1v) is 6.61. The summed E-state index contributed by atoms with van der Waals surface area (Å²) in [4.78, 5) is 11.3. The lowest BCUT2D eigenvalue weighted by Gasteiger charge is -2.38. The van der Waals surface area contributed by atoms with E-state index in [-0.39, 0.29) is 11.2 Å². The summed E-state index contributed by atoms with van der Waals surface area (Å²) >= 11 is 0. The zero-order valence-electron chi connectivity index (χ0n) is 11.3. The number of para-hydroxylation sites is 1. The Kier molecular flexibility index (Phi) is 3.23. The molecule has 2 N–H and O–H groups in total. The highest BCUT2D eigenvalue weighted by Gasteiger charge is 2.33. The summed E-state index contributed by atoms with van der Waals surface area (Å²) in [5.74, 6) is -1.01. The summed E-state index contributed by atoms with van der Waals surface area (Å²) in [7, 11) is 0. The van der Waals surface area contributed by atoms with Crippen molar-refractivity contribution in [1.29, 1.82) is 0 Å². The van der Waals surface area contributed by atoms with Gasteiger partial charge in [0.05, 0.1) is 13.2 Å². The van der Waals surface area contributed by atoms with Crippen LogP contribution in [-0.4, -0.2) is 30.8 Å². The third-order valence-electron chi connectivity index (χ3n) is 3.65. The van der Waals surface area contributed by atoms with E-state index in [0.717, 1.165) is 25.1 Å². The quantitative estimate of drug-likeness (QED) is 0.875. The van der Waals surface area contributed by atoms with E-state index in [4.69, 9.17) is 9.15 Å². The second kappa shape index (κ2) is 4.92. The Balaban J connectivity index is 1.81. The number of rotatable bonds is 5. The normalized spacial score (nSPS) is 17.1. The van der Waals surface area contributed by atoms with Gasteiger partial charge in [-0.2, -0.15) is 0 Å². The van der Waals surface area contributed by atoms with Gasteiger partial charge in [-0.25, -0.2) is 4.79 Å². The van der Waals surface area contributed by atoms with Gasteiger partial charge in [-0.15, -0.1) is 0 Å². The average molecular weight is 275 g/mol. The zero-order chi connectivity index (χ0) is 14.2. The Hall–Kier alpha value is -1.85. The molecular formula is C15H17NO4. The van der Waals surface area contributed by atoms with Crippen LogP contribution in [0.1, 0.15) is 23.0 Å². The maximum atomic E-state index is 11.3. The number of ether oxygens (including phenoxy) is 1. The Morgan fingerprint density at radius 2 is 2.15 bits per heavy atom. The van der Waals surface area contributed by atoms with Crippen molar-refractivity contribution in [2.75, 3.05) is 19.8 Å². The predicted octanol–water partition coefficient (Wildman–Crippen LogP) is 2.26. The number of hydrogen-bond acceptors (Lipinski definition) is 4. The van der Waals surface area contributed by atoms with Crippen molar-refractivity contribution in [2.24, 2.45) is 5.41 Å². The van der Waals surface area contributed by atoms with Gasteiger partial charge < -0.3 is 19.6 Å². The van der Waals surface area contributed by atoms with E-state index < -0.39 is 5.97 Å². The van der Waals surface area contributed by atoms with Gasteiger partial charge in [0.2, 0.25) is 5.76 Å². The summed E-state index contributed by atoms with van der Waals surface area (Å²) < 4.78 is 10.6. The summed E-state index contributed by atoms with van der Waals surface area (Å²) in [5, 5.41) is 13.4. The van der Waals surface area contributed by atoms with Gasteiger partial charge in [0.15, 0.2) is 0 Å². The molecule has 0 spiro atoms. The highest BCUT2D eigenvalue weighted by molar-refractivity contribution is 5.95. The molecule has 1 aliphatic rings. The molecule has 106 valence electrons. The minimum Gasteiger partial charge on any atom is -0.475 e. The van der Waals surface area contributed by atoms with Gasteiger partial charge in [-0.1, -0.05) is 25.1 Å². The molecule has 1 aromatic heterocycles. The lowest BCUT2D eigenvalue weighted by atomic mass is 9.89. The monoisotopic (exact) mass is 275 g/mol. The molecule has 5 heteroatoms. The molecule has 2 heterocycles. The molecule has 0 bridgehead atoms. The molecule has 0 radical (unpaired) electrons. The third kappa shape index (κ3) is 2.30. The molecule has 1 aromatic carbocycles. The number of carboxylic acids is 1. The summed E-state index contributed by atoms with van der Waals surface area (Å²) in [5.41, 5.74) is 1.47. The fraction of sp³-hybridized carbons (Fsp3) is 0.400. The van der Waals surface area contributed by atoms with E-state index in [9.17, 15) is 9.90 Å². The van der Waals surface area contributed by atoms with E-state index in [1.54, 1.807) is 6.07 Å². The minimum absolute atomic E-state index is 0.0220. The maximum Gasteiger partial charge on any atom is 0.372 e. The Morgan fingerprint density at radius 1 is 1.40 bits per heavy atom. The van der Waals surface area contributed by atoms with Crippen LogP contribution >= 0.6 is 0 Å². The Labute approximate surface area is 116 Å². The second-order valence-corrected chi connectivity index (χ2v) is 5.62. The van der Waals surface area contributed by atoms with E-state index in [2.05, 4.69) is 12.2 Å². The van der Waals surface area contributed by atoms with Crippen LogP contribution in [-0.2, 0) is 11.3 Å². The third-order valence-corrected chi connectivity index (χ3v) is 3.65. The van der Waals surface area contributed by atoms with Crippen LogP contribution in [0, 0.1) is 5.41 Å². The summed E-state index contributed by atoms with van der Waals surface area (Å²) in [6, 6.07) is 7.39. The van der Waals surface area contributed by atoms with Crippen molar-refractivity contribution >= 4 is 16.9 Å². The maximum absolute atomic E-state index is 11.3. The minimum atomic E-state index is -1.03. The zero-order valence-corrected chi connectivity index (χ0v) is 11.3. The number of aromatic carboxylic acids is 1. The molecule has 0 aliphatic carbocycles. The van der Waals surface area contributed by atoms with Crippen molar-refractivity contribution in [3.63, 3.8) is 0 Å². The van der Waals surface area contributed by atoms with E-state index in [0.29, 0.717) is 17.7 Å². The molecule has 0 saturated carbocycles. The van der Waals surface area contributed by atoms with Crippen molar-refractivity contribution in [1.82, 2.24) is 5.32 Å². The van der Waals surface area contributed by atoms with Crippen molar-refractivity contribution in [3.05, 3.63) is 35.6 Å². The van der Waals surface area contributed by atoms with Gasteiger partial charge in [-0.3, -0.25) is 0 Å². The number of hydrogen-bond donors (Lipinski definition) is 2. The highest BCUT2D eigenvalue weighted by Crippen LogP contribution is 2.28. The van der Waals surface area contributed by atoms with Crippen LogP contribution < -0.4 is 5.32 Å². The lowest BCUT2D eigenvalue weighted by molar-refractivity contribution is -0.0991. The standard InChI is InChI=1S/C15H17NO4/c1-15(8-19-9-15)7-16-6-11-10-4-2-3-5-12(10)20-13(11)14(17)18/h2-5,16H,6-9H2,1H3,(H,17,18). The van der Waals surface area contributed by atoms with Crippen LogP contribution in [0.3, 0.4) is 0 Å². The smallest absolute Gasteiger partial charge is 0.372 e. The number of furan rings is 1. The molecule has 0 amide bonds. The van der Waals surface area contributed by atoms with Crippen LogP contribution in [0.4, 0.5) is 0 Å². The number of carboxylic acid groups (broad SMARTS) is 1. The first kappa shape index (κ1) is 13.1. The fourth-order valence-corrected chi connectivity index (χ4v) is 2.49. The van der Waals surface area contributed by atoms with Crippen LogP contribution in [0.15, 0.2) is 28.7 Å². The molecular weight excluding hydrogens is 258 g/mol.